The number of hydrogen-bond acceptors (Lipinski definition) is 2. The summed E-state index contributed by atoms with van der Waals surface area (Å²) in [6.45, 7) is 3.84. The molecule has 0 saturated heterocycles. The molecular weight excluding hydrogens is 323 g/mol. The molecule has 0 bridgehead atoms. The van der Waals surface area contributed by atoms with Crippen LogP contribution in [0.4, 0.5) is 10.5 Å². The molecule has 2 aromatic carbocycles. The number of carbonyl (C=O) groups excluding carboxylic acids is 1. The van der Waals surface area contributed by atoms with Crippen molar-refractivity contribution in [2.45, 2.75) is 13.8 Å². The summed E-state index contributed by atoms with van der Waals surface area (Å²) in [7, 11) is 0. The summed E-state index contributed by atoms with van der Waals surface area (Å²) in [6, 6.07) is 10.3. The van der Waals surface area contributed by atoms with Crippen LogP contribution in [0.15, 0.2) is 36.4 Å². The SMILES string of the molecule is Cc1cc(OCNC(=O)Nc2ccccc2Cl)cc(C)c1Cl. The predicted molar refractivity (Wildman–Crippen MR) is 90.0 cm³/mol. The van der Waals surface area contributed by atoms with Gasteiger partial charge in [0.15, 0.2) is 6.73 Å². The molecule has 2 amide bonds. The topological polar surface area (TPSA) is 50.4 Å². The number of halogens is 2. The zero-order valence-electron chi connectivity index (χ0n) is 12.2. The van der Waals surface area contributed by atoms with Crippen molar-refractivity contribution < 1.29 is 9.53 Å². The number of anilines is 1. The Morgan fingerprint density at radius 2 is 1.77 bits per heavy atom. The Morgan fingerprint density at radius 1 is 1.14 bits per heavy atom. The van der Waals surface area contributed by atoms with Gasteiger partial charge in [-0.15, -0.1) is 0 Å². The first-order chi connectivity index (χ1) is 10.5. The number of amides is 2. The summed E-state index contributed by atoms with van der Waals surface area (Å²) >= 11 is 12.1. The van der Waals surface area contributed by atoms with E-state index in [4.69, 9.17) is 27.9 Å². The largest absolute Gasteiger partial charge is 0.473 e. The molecule has 0 aliphatic carbocycles. The van der Waals surface area contributed by atoms with Gasteiger partial charge in [0.05, 0.1) is 10.7 Å². The standard InChI is InChI=1S/C16H16Cl2N2O2/c1-10-7-12(8-11(2)15(10)18)22-9-19-16(21)20-14-6-4-3-5-13(14)17/h3-8H,9H2,1-2H3,(H2,19,20,21). The van der Waals surface area contributed by atoms with E-state index in [2.05, 4.69) is 10.6 Å². The molecule has 0 fully saturated rings. The van der Waals surface area contributed by atoms with E-state index in [1.807, 2.05) is 26.0 Å². The first-order valence-corrected chi connectivity index (χ1v) is 7.42. The monoisotopic (exact) mass is 338 g/mol. The van der Waals surface area contributed by atoms with Gasteiger partial charge in [0, 0.05) is 5.02 Å². The summed E-state index contributed by atoms with van der Waals surface area (Å²) < 4.78 is 5.50. The van der Waals surface area contributed by atoms with E-state index in [9.17, 15) is 4.79 Å². The summed E-state index contributed by atoms with van der Waals surface area (Å²) in [5.74, 6) is 0.650. The summed E-state index contributed by atoms with van der Waals surface area (Å²) in [4.78, 5) is 11.8. The fourth-order valence-electron chi connectivity index (χ4n) is 1.90. The third kappa shape index (κ3) is 4.29. The number of nitrogens with one attached hydrogen (secondary N) is 2. The van der Waals surface area contributed by atoms with Gasteiger partial charge in [-0.05, 0) is 49.2 Å². The first kappa shape index (κ1) is 16.5. The van der Waals surface area contributed by atoms with E-state index in [-0.39, 0.29) is 6.73 Å². The van der Waals surface area contributed by atoms with Crippen molar-refractivity contribution in [3.63, 3.8) is 0 Å². The van der Waals surface area contributed by atoms with Crippen molar-refractivity contribution in [1.82, 2.24) is 5.32 Å². The second-order valence-corrected chi connectivity index (χ2v) is 5.56. The minimum absolute atomic E-state index is 0.0385. The lowest BCUT2D eigenvalue weighted by atomic mass is 10.1. The van der Waals surface area contributed by atoms with Gasteiger partial charge in [0.2, 0.25) is 0 Å². The van der Waals surface area contributed by atoms with Crippen molar-refractivity contribution in [1.29, 1.82) is 0 Å². The number of urea groups is 1. The van der Waals surface area contributed by atoms with Gasteiger partial charge in [-0.3, -0.25) is 0 Å². The summed E-state index contributed by atoms with van der Waals surface area (Å²) in [6.07, 6.45) is 0. The van der Waals surface area contributed by atoms with E-state index in [0.717, 1.165) is 16.1 Å². The number of benzene rings is 2. The van der Waals surface area contributed by atoms with Crippen molar-refractivity contribution in [2.24, 2.45) is 0 Å². The van der Waals surface area contributed by atoms with E-state index in [1.54, 1.807) is 24.3 Å². The molecular formula is C16H16Cl2N2O2. The van der Waals surface area contributed by atoms with Crippen LogP contribution in [-0.2, 0) is 0 Å². The maximum Gasteiger partial charge on any atom is 0.321 e. The van der Waals surface area contributed by atoms with E-state index in [0.29, 0.717) is 16.5 Å². The van der Waals surface area contributed by atoms with Crippen molar-refractivity contribution >= 4 is 34.9 Å². The highest BCUT2D eigenvalue weighted by Gasteiger charge is 2.06. The van der Waals surface area contributed by atoms with Crippen molar-refractivity contribution in [2.75, 3.05) is 12.0 Å². The smallest absolute Gasteiger partial charge is 0.321 e. The lowest BCUT2D eigenvalue weighted by Crippen LogP contribution is -2.32. The summed E-state index contributed by atoms with van der Waals surface area (Å²) in [5.41, 5.74) is 2.40. The molecule has 22 heavy (non-hydrogen) atoms. The molecule has 116 valence electrons. The fourth-order valence-corrected chi connectivity index (χ4v) is 2.20. The molecule has 0 radical (unpaired) electrons. The zero-order valence-corrected chi connectivity index (χ0v) is 13.8. The maximum atomic E-state index is 11.8. The minimum atomic E-state index is -0.393. The Hall–Kier alpha value is -1.91. The van der Waals surface area contributed by atoms with Crippen LogP contribution in [0.5, 0.6) is 5.75 Å². The Balaban J connectivity index is 1.86. The number of hydrogen-bond donors (Lipinski definition) is 2. The Morgan fingerprint density at radius 3 is 2.41 bits per heavy atom. The van der Waals surface area contributed by atoms with E-state index >= 15 is 0 Å². The maximum absolute atomic E-state index is 11.8. The van der Waals surface area contributed by atoms with Gasteiger partial charge in [-0.1, -0.05) is 35.3 Å². The predicted octanol–water partition coefficient (Wildman–Crippen LogP) is 4.77. The van der Waals surface area contributed by atoms with Crippen LogP contribution in [0.1, 0.15) is 11.1 Å². The highest BCUT2D eigenvalue weighted by Crippen LogP contribution is 2.25. The number of para-hydroxylation sites is 1. The molecule has 6 heteroatoms. The normalized spacial score (nSPS) is 10.2. The highest BCUT2D eigenvalue weighted by molar-refractivity contribution is 6.33. The van der Waals surface area contributed by atoms with Gasteiger partial charge in [0.25, 0.3) is 0 Å². The van der Waals surface area contributed by atoms with Crippen LogP contribution >= 0.6 is 23.2 Å². The second-order valence-electron chi connectivity index (χ2n) is 4.77. The molecule has 0 aromatic heterocycles. The van der Waals surface area contributed by atoms with Gasteiger partial charge >= 0.3 is 6.03 Å². The molecule has 2 rings (SSSR count). The average molecular weight is 339 g/mol. The summed E-state index contributed by atoms with van der Waals surface area (Å²) in [5, 5.41) is 6.44. The van der Waals surface area contributed by atoms with Crippen molar-refractivity contribution in [3.8, 4) is 5.75 Å². The third-order valence-corrected chi connectivity index (χ3v) is 3.93. The van der Waals surface area contributed by atoms with Gasteiger partial charge in [-0.25, -0.2) is 4.79 Å². The number of rotatable bonds is 4. The van der Waals surface area contributed by atoms with Gasteiger partial charge in [-0.2, -0.15) is 0 Å². The molecule has 0 heterocycles. The van der Waals surface area contributed by atoms with Crippen LogP contribution in [0, 0.1) is 13.8 Å². The van der Waals surface area contributed by atoms with Gasteiger partial charge in [0.1, 0.15) is 5.75 Å². The lowest BCUT2D eigenvalue weighted by Gasteiger charge is -2.12. The van der Waals surface area contributed by atoms with Crippen LogP contribution in [0.2, 0.25) is 10.0 Å². The molecule has 0 saturated carbocycles. The molecule has 0 atom stereocenters. The molecule has 4 nitrogen and oxygen atoms in total. The quantitative estimate of drug-likeness (QED) is 0.789. The van der Waals surface area contributed by atoms with Crippen LogP contribution < -0.4 is 15.4 Å². The second kappa shape index (κ2) is 7.38. The minimum Gasteiger partial charge on any atom is -0.473 e. The van der Waals surface area contributed by atoms with Crippen LogP contribution in [-0.4, -0.2) is 12.8 Å². The Bertz CT molecular complexity index is 667. The number of aryl methyl sites for hydroxylation is 2. The molecule has 2 aromatic rings. The Labute approximate surface area is 139 Å². The third-order valence-electron chi connectivity index (χ3n) is 3.00. The van der Waals surface area contributed by atoms with Crippen LogP contribution in [0.3, 0.4) is 0 Å². The molecule has 0 aliphatic heterocycles. The van der Waals surface area contributed by atoms with E-state index < -0.39 is 6.03 Å². The van der Waals surface area contributed by atoms with Gasteiger partial charge < -0.3 is 15.4 Å². The fraction of sp³-hybridized carbons (Fsp3) is 0.188. The molecule has 0 spiro atoms. The average Bonchev–Trinajstić information content (AvgIpc) is 2.47. The first-order valence-electron chi connectivity index (χ1n) is 6.66. The highest BCUT2D eigenvalue weighted by atomic mass is 35.5. The Kier molecular flexibility index (Phi) is 5.52. The van der Waals surface area contributed by atoms with Crippen LogP contribution in [0.25, 0.3) is 0 Å². The lowest BCUT2D eigenvalue weighted by molar-refractivity contribution is 0.234. The number of ether oxygens (including phenoxy) is 1. The van der Waals surface area contributed by atoms with Crippen molar-refractivity contribution in [3.05, 3.63) is 57.6 Å². The van der Waals surface area contributed by atoms with E-state index in [1.165, 1.54) is 0 Å². The molecule has 0 unspecified atom stereocenters. The number of carbonyl (C=O) groups is 1. The zero-order chi connectivity index (χ0) is 16.1. The molecule has 2 N–H and O–H groups in total. The molecule has 0 aliphatic rings.